The molecule has 0 saturated carbocycles. The molecule has 7 heteroatoms. The topological polar surface area (TPSA) is 67.9 Å². The zero-order valence-corrected chi connectivity index (χ0v) is 12.6. The third-order valence-electron chi connectivity index (χ3n) is 4.09. The number of fused-ring (bicyclic) bond motifs is 1. The Labute approximate surface area is 127 Å². The van der Waals surface area contributed by atoms with Crippen LogP contribution in [-0.4, -0.2) is 39.5 Å². The second-order valence-electron chi connectivity index (χ2n) is 5.47. The van der Waals surface area contributed by atoms with Gasteiger partial charge in [0.25, 0.3) is 0 Å². The molecule has 0 unspecified atom stereocenters. The van der Waals surface area contributed by atoms with Gasteiger partial charge in [0.05, 0.1) is 5.39 Å². The Morgan fingerprint density at radius 3 is 3.00 bits per heavy atom. The van der Waals surface area contributed by atoms with Crippen molar-refractivity contribution in [2.45, 2.75) is 31.7 Å². The number of likely N-dealkylation sites (tertiary alicyclic amines) is 1. The number of aromatic nitrogens is 3. The number of hydrogen-bond acceptors (Lipinski definition) is 5. The molecule has 1 fully saturated rings. The molecule has 0 aromatic carbocycles. The molecule has 5 nitrogen and oxygen atoms in total. The summed E-state index contributed by atoms with van der Waals surface area (Å²) >= 11 is 5.70. The van der Waals surface area contributed by atoms with Crippen LogP contribution in [0.2, 0.25) is 5.15 Å². The van der Waals surface area contributed by atoms with Crippen LogP contribution >= 0.6 is 11.6 Å². The molecule has 112 valence electrons. The number of pyridine rings is 1. The lowest BCUT2D eigenvalue weighted by Crippen LogP contribution is -2.25. The summed E-state index contributed by atoms with van der Waals surface area (Å²) in [5.41, 5.74) is 6.03. The van der Waals surface area contributed by atoms with Crippen LogP contribution in [-0.2, 0) is 6.42 Å². The molecule has 1 aliphatic rings. The van der Waals surface area contributed by atoms with Gasteiger partial charge >= 0.3 is 0 Å². The molecule has 0 spiro atoms. The Bertz CT molecular complexity index is 678. The van der Waals surface area contributed by atoms with Gasteiger partial charge in [0.15, 0.2) is 11.0 Å². The van der Waals surface area contributed by atoms with Crippen molar-refractivity contribution in [1.29, 1.82) is 0 Å². The standard InChI is InChI=1S/C14H17ClFN5/c1-21-6-2-3-8(21)4-5-10-19-12-9(14(17)20-10)7-18-13(15)11(12)16/h7-8H,2-6H2,1H3,(H2,17,19,20)/t8-/m1/s1. The van der Waals surface area contributed by atoms with E-state index in [4.69, 9.17) is 17.3 Å². The van der Waals surface area contributed by atoms with Gasteiger partial charge in [-0.2, -0.15) is 0 Å². The predicted molar refractivity (Wildman–Crippen MR) is 80.7 cm³/mol. The van der Waals surface area contributed by atoms with Crippen LogP contribution in [0.15, 0.2) is 6.20 Å². The molecule has 0 amide bonds. The average Bonchev–Trinajstić information content (AvgIpc) is 2.86. The van der Waals surface area contributed by atoms with E-state index in [9.17, 15) is 4.39 Å². The van der Waals surface area contributed by atoms with Crippen LogP contribution < -0.4 is 5.73 Å². The smallest absolute Gasteiger partial charge is 0.186 e. The Kier molecular flexibility index (Phi) is 3.91. The van der Waals surface area contributed by atoms with Gasteiger partial charge in [-0.05, 0) is 32.9 Å². The van der Waals surface area contributed by atoms with Crippen molar-refractivity contribution in [2.75, 3.05) is 19.3 Å². The maximum atomic E-state index is 14.0. The van der Waals surface area contributed by atoms with Crippen LogP contribution in [0.25, 0.3) is 10.9 Å². The number of anilines is 1. The summed E-state index contributed by atoms with van der Waals surface area (Å²) in [4.78, 5) is 14.6. The van der Waals surface area contributed by atoms with Crippen molar-refractivity contribution in [2.24, 2.45) is 0 Å². The Morgan fingerprint density at radius 2 is 2.29 bits per heavy atom. The first-order valence-corrected chi connectivity index (χ1v) is 7.40. The quantitative estimate of drug-likeness (QED) is 0.882. The van der Waals surface area contributed by atoms with E-state index in [1.807, 2.05) is 0 Å². The minimum atomic E-state index is -0.637. The molecule has 2 N–H and O–H groups in total. The molecule has 3 heterocycles. The van der Waals surface area contributed by atoms with Gasteiger partial charge in [0, 0.05) is 18.7 Å². The van der Waals surface area contributed by atoms with Crippen molar-refractivity contribution in [3.05, 3.63) is 23.0 Å². The molecule has 0 aliphatic carbocycles. The van der Waals surface area contributed by atoms with Crippen LogP contribution in [0, 0.1) is 5.82 Å². The normalized spacial score (nSPS) is 19.5. The molecule has 2 aromatic rings. The number of hydrogen-bond donors (Lipinski definition) is 1. The highest BCUT2D eigenvalue weighted by Crippen LogP contribution is 2.25. The molecule has 0 bridgehead atoms. The largest absolute Gasteiger partial charge is 0.383 e. The van der Waals surface area contributed by atoms with Crippen molar-refractivity contribution in [3.63, 3.8) is 0 Å². The Hall–Kier alpha value is -1.53. The monoisotopic (exact) mass is 309 g/mol. The van der Waals surface area contributed by atoms with Gasteiger partial charge in [-0.25, -0.2) is 19.3 Å². The first-order chi connectivity index (χ1) is 10.1. The predicted octanol–water partition coefficient (Wildman–Crippen LogP) is 2.43. The Balaban J connectivity index is 1.87. The van der Waals surface area contributed by atoms with E-state index in [1.165, 1.54) is 19.0 Å². The first-order valence-electron chi connectivity index (χ1n) is 7.02. The second-order valence-corrected chi connectivity index (χ2v) is 5.82. The van der Waals surface area contributed by atoms with E-state index in [-0.39, 0.29) is 16.5 Å². The summed E-state index contributed by atoms with van der Waals surface area (Å²) in [5, 5.41) is 0.209. The first kappa shape index (κ1) is 14.4. The number of nitrogens with zero attached hydrogens (tertiary/aromatic N) is 4. The van der Waals surface area contributed by atoms with E-state index in [2.05, 4.69) is 26.9 Å². The number of nitrogens with two attached hydrogens (primary N) is 1. The minimum Gasteiger partial charge on any atom is -0.383 e. The summed E-state index contributed by atoms with van der Waals surface area (Å²) in [6, 6.07) is 0.538. The van der Waals surface area contributed by atoms with Crippen molar-refractivity contribution in [1.82, 2.24) is 19.9 Å². The van der Waals surface area contributed by atoms with Gasteiger partial charge in [-0.1, -0.05) is 11.6 Å². The van der Waals surface area contributed by atoms with Crippen molar-refractivity contribution >= 4 is 28.3 Å². The summed E-state index contributed by atoms with van der Waals surface area (Å²) in [6.07, 6.45) is 5.43. The summed E-state index contributed by atoms with van der Waals surface area (Å²) in [6.45, 7) is 1.13. The minimum absolute atomic E-state index is 0.150. The van der Waals surface area contributed by atoms with E-state index in [0.29, 0.717) is 23.7 Å². The highest BCUT2D eigenvalue weighted by molar-refractivity contribution is 6.30. The summed E-state index contributed by atoms with van der Waals surface area (Å²) in [7, 11) is 2.12. The zero-order valence-electron chi connectivity index (χ0n) is 11.8. The highest BCUT2D eigenvalue weighted by Gasteiger charge is 2.21. The fourth-order valence-corrected chi connectivity index (χ4v) is 2.99. The second kappa shape index (κ2) is 5.69. The van der Waals surface area contributed by atoms with Crippen molar-refractivity contribution < 1.29 is 4.39 Å². The van der Waals surface area contributed by atoms with Gasteiger partial charge in [0.1, 0.15) is 17.2 Å². The molecule has 1 aliphatic heterocycles. The van der Waals surface area contributed by atoms with Crippen LogP contribution in [0.5, 0.6) is 0 Å². The number of halogens is 2. The maximum absolute atomic E-state index is 14.0. The molecule has 1 atom stereocenters. The third kappa shape index (κ3) is 2.78. The van der Waals surface area contributed by atoms with Gasteiger partial charge in [0.2, 0.25) is 0 Å². The number of nitrogen functional groups attached to an aromatic ring is 1. The third-order valence-corrected chi connectivity index (χ3v) is 4.35. The molecule has 3 rings (SSSR count). The van der Waals surface area contributed by atoms with Crippen LogP contribution in [0.4, 0.5) is 10.2 Å². The van der Waals surface area contributed by atoms with E-state index in [0.717, 1.165) is 13.0 Å². The van der Waals surface area contributed by atoms with E-state index < -0.39 is 5.82 Å². The lowest BCUT2D eigenvalue weighted by molar-refractivity contribution is 0.295. The fraction of sp³-hybridized carbons (Fsp3) is 0.500. The van der Waals surface area contributed by atoms with Crippen LogP contribution in [0.3, 0.4) is 0 Å². The number of rotatable bonds is 3. The fourth-order valence-electron chi connectivity index (χ4n) is 2.86. The van der Waals surface area contributed by atoms with Gasteiger partial charge in [-0.15, -0.1) is 0 Å². The molecule has 1 saturated heterocycles. The average molecular weight is 310 g/mol. The molecular formula is C14H17ClFN5. The van der Waals surface area contributed by atoms with Gasteiger partial charge < -0.3 is 10.6 Å². The Morgan fingerprint density at radius 1 is 1.48 bits per heavy atom. The van der Waals surface area contributed by atoms with Crippen molar-refractivity contribution in [3.8, 4) is 0 Å². The van der Waals surface area contributed by atoms with Crippen LogP contribution in [0.1, 0.15) is 25.1 Å². The summed E-state index contributed by atoms with van der Waals surface area (Å²) < 4.78 is 14.0. The zero-order chi connectivity index (χ0) is 15.0. The molecule has 21 heavy (non-hydrogen) atoms. The summed E-state index contributed by atoms with van der Waals surface area (Å²) in [5.74, 6) is 0.168. The van der Waals surface area contributed by atoms with Gasteiger partial charge in [-0.3, -0.25) is 0 Å². The van der Waals surface area contributed by atoms with E-state index >= 15 is 0 Å². The molecule has 2 aromatic heterocycles. The number of aryl methyl sites for hydroxylation is 1. The maximum Gasteiger partial charge on any atom is 0.186 e. The lowest BCUT2D eigenvalue weighted by Gasteiger charge is -2.18. The molecular weight excluding hydrogens is 293 g/mol. The lowest BCUT2D eigenvalue weighted by atomic mass is 10.1. The molecule has 0 radical (unpaired) electrons. The highest BCUT2D eigenvalue weighted by atomic mass is 35.5. The SMILES string of the molecule is CN1CCC[C@@H]1CCc1nc(N)c2cnc(Cl)c(F)c2n1. The van der Waals surface area contributed by atoms with E-state index in [1.54, 1.807) is 0 Å².